The predicted molar refractivity (Wildman–Crippen MR) is 129 cm³/mol. The molecule has 9 nitrogen and oxygen atoms in total. The fraction of sp³-hybridized carbons (Fsp3) is 0.160. The lowest BCUT2D eigenvalue weighted by molar-refractivity contribution is -0.271. The molecule has 5 rings (SSSR count). The quantitative estimate of drug-likeness (QED) is 0.256. The van der Waals surface area contributed by atoms with E-state index in [9.17, 15) is 15.2 Å². The van der Waals surface area contributed by atoms with Gasteiger partial charge in [0.2, 0.25) is 0 Å². The molecule has 1 aliphatic heterocycles. The van der Waals surface area contributed by atoms with Gasteiger partial charge in [0.05, 0.1) is 16.6 Å². The van der Waals surface area contributed by atoms with Crippen molar-refractivity contribution in [2.45, 2.75) is 13.0 Å². The van der Waals surface area contributed by atoms with E-state index in [-0.39, 0.29) is 17.6 Å². The van der Waals surface area contributed by atoms with Crippen molar-refractivity contribution in [3.8, 4) is 0 Å². The number of carbonyl (C=O) groups excluding carboxylic acids is 1. The lowest BCUT2D eigenvalue weighted by Crippen LogP contribution is -2.57. The molecule has 3 heterocycles. The molecule has 0 unspecified atom stereocenters. The Balaban J connectivity index is 1.27. The third kappa shape index (κ3) is 4.27. The summed E-state index contributed by atoms with van der Waals surface area (Å²) in [5.41, 5.74) is 5.10. The summed E-state index contributed by atoms with van der Waals surface area (Å²) in [5, 5.41) is 25.7. The largest absolute Gasteiger partial charge is 0.364 e. The van der Waals surface area contributed by atoms with Crippen molar-refractivity contribution in [1.29, 1.82) is 0 Å². The molecular weight excluding hydrogens is 432 g/mol. The molecule has 4 aromatic rings. The van der Waals surface area contributed by atoms with Gasteiger partial charge >= 0.3 is 0 Å². The van der Waals surface area contributed by atoms with Crippen molar-refractivity contribution in [3.05, 3.63) is 90.3 Å². The second-order valence-corrected chi connectivity index (χ2v) is 8.36. The highest BCUT2D eigenvalue weighted by molar-refractivity contribution is 5.95. The molecule has 1 saturated heterocycles. The zero-order valence-electron chi connectivity index (χ0n) is 18.6. The van der Waals surface area contributed by atoms with Crippen LogP contribution in [-0.2, 0) is 0 Å². The third-order valence-corrected chi connectivity index (χ3v) is 5.88. The number of nitrogens with zero attached hydrogens (tertiary/aromatic N) is 4. The molecule has 2 aromatic heterocycles. The van der Waals surface area contributed by atoms with E-state index in [1.165, 1.54) is 0 Å². The van der Waals surface area contributed by atoms with Crippen LogP contribution >= 0.6 is 0 Å². The molecule has 0 aliphatic carbocycles. The Labute approximate surface area is 196 Å². The van der Waals surface area contributed by atoms with E-state index in [0.717, 1.165) is 11.2 Å². The molecule has 1 aliphatic rings. The van der Waals surface area contributed by atoms with E-state index in [0.29, 0.717) is 35.4 Å². The minimum Gasteiger partial charge on any atom is -0.364 e. The maximum Gasteiger partial charge on any atom is 0.254 e. The molecule has 0 radical (unpaired) electrons. The smallest absolute Gasteiger partial charge is 0.254 e. The summed E-state index contributed by atoms with van der Waals surface area (Å²) in [4.78, 5) is 21.6. The number of carbonyl (C=O) groups is 1. The summed E-state index contributed by atoms with van der Waals surface area (Å²) in [6.07, 6.45) is 3.33. The molecule has 4 N–H and O–H groups in total. The van der Waals surface area contributed by atoms with Crippen LogP contribution in [0.4, 0.5) is 17.2 Å². The summed E-state index contributed by atoms with van der Waals surface area (Å²) in [7, 11) is 0. The molecule has 0 bridgehead atoms. The van der Waals surface area contributed by atoms with Gasteiger partial charge in [-0.2, -0.15) is 5.43 Å². The second kappa shape index (κ2) is 8.71. The van der Waals surface area contributed by atoms with Gasteiger partial charge in [0.1, 0.15) is 11.3 Å². The topological polar surface area (TPSA) is 111 Å². The molecule has 1 amide bonds. The van der Waals surface area contributed by atoms with Gasteiger partial charge in [-0.25, -0.2) is 9.97 Å². The van der Waals surface area contributed by atoms with Crippen molar-refractivity contribution in [2.24, 2.45) is 0 Å². The van der Waals surface area contributed by atoms with Crippen LogP contribution in [0.5, 0.6) is 0 Å². The monoisotopic (exact) mass is 457 g/mol. The Morgan fingerprint density at radius 3 is 2.56 bits per heavy atom. The summed E-state index contributed by atoms with van der Waals surface area (Å²) < 4.78 is 0. The Morgan fingerprint density at radius 1 is 1.00 bits per heavy atom. The highest BCUT2D eigenvalue weighted by Gasteiger charge is 2.33. The van der Waals surface area contributed by atoms with Crippen LogP contribution in [0.2, 0.25) is 0 Å². The van der Waals surface area contributed by atoms with Gasteiger partial charge in [-0.15, -0.1) is 10.4 Å². The Hall–Kier alpha value is -4.05. The predicted octanol–water partition coefficient (Wildman–Crippen LogP) is 3.99. The van der Waals surface area contributed by atoms with E-state index in [4.69, 9.17) is 0 Å². The number of nitrogens with one attached hydrogen (secondary N) is 2. The third-order valence-electron chi connectivity index (χ3n) is 5.88. The van der Waals surface area contributed by atoms with E-state index in [1.807, 2.05) is 37.3 Å². The number of likely N-dealkylation sites (tertiary alicyclic amines) is 1. The number of aryl methyl sites for hydroxylation is 1. The minimum atomic E-state index is -1.57. The van der Waals surface area contributed by atoms with Crippen molar-refractivity contribution in [3.63, 3.8) is 0 Å². The average molecular weight is 458 g/mol. The first kappa shape index (κ1) is 21.8. The summed E-state index contributed by atoms with van der Waals surface area (Å²) in [6, 6.07) is 19.7. The number of amides is 1. The van der Waals surface area contributed by atoms with E-state index in [1.54, 1.807) is 53.7 Å². The number of pyridine rings is 2. The fourth-order valence-corrected chi connectivity index (χ4v) is 4.07. The number of aromatic nitrogens is 2. The number of hydrogen-bond donors (Lipinski definition) is 4. The Morgan fingerprint density at radius 2 is 1.79 bits per heavy atom. The number of fused-ring (bicyclic) bond motifs is 1. The Bertz CT molecular complexity index is 1330. The highest BCUT2D eigenvalue weighted by atomic mass is 16.9. The molecule has 1 fully saturated rings. The molecule has 9 heteroatoms. The molecule has 2 aromatic carbocycles. The lowest BCUT2D eigenvalue weighted by atomic mass is 10.0. The SMILES string of the molecule is Cc1cc(C(=O)N2CC(Nc3ccccn3)C2)ccc1N[N+](O)(O)c1cccc2cccnc12. The first-order valence-electron chi connectivity index (χ1n) is 11.0. The van der Waals surface area contributed by atoms with Gasteiger partial charge in [-0.1, -0.05) is 24.3 Å². The molecule has 34 heavy (non-hydrogen) atoms. The summed E-state index contributed by atoms with van der Waals surface area (Å²) in [5.74, 6) is 0.725. The van der Waals surface area contributed by atoms with E-state index < -0.39 is 4.92 Å². The van der Waals surface area contributed by atoms with Crippen LogP contribution < -0.4 is 15.7 Å². The van der Waals surface area contributed by atoms with Crippen LogP contribution in [-0.4, -0.2) is 50.3 Å². The number of hydrogen-bond acceptors (Lipinski definition) is 7. The van der Waals surface area contributed by atoms with Gasteiger partial charge in [-0.3, -0.25) is 4.79 Å². The molecule has 0 atom stereocenters. The number of rotatable bonds is 6. The summed E-state index contributed by atoms with van der Waals surface area (Å²) in [6.45, 7) is 2.99. The average Bonchev–Trinajstić information content (AvgIpc) is 2.82. The maximum atomic E-state index is 12.9. The van der Waals surface area contributed by atoms with Crippen LogP contribution in [0.1, 0.15) is 15.9 Å². The van der Waals surface area contributed by atoms with Crippen molar-refractivity contribution < 1.29 is 15.2 Å². The van der Waals surface area contributed by atoms with Crippen molar-refractivity contribution in [2.75, 3.05) is 23.8 Å². The fourth-order valence-electron chi connectivity index (χ4n) is 4.07. The molecular formula is C25H25N6O3+. The van der Waals surface area contributed by atoms with E-state index >= 15 is 0 Å². The van der Waals surface area contributed by atoms with Gasteiger partial charge in [0.25, 0.3) is 11.6 Å². The Kier molecular flexibility index (Phi) is 5.58. The number of quaternary nitrogens is 1. The maximum absolute atomic E-state index is 12.9. The van der Waals surface area contributed by atoms with Crippen molar-refractivity contribution >= 4 is 34.0 Å². The molecule has 172 valence electrons. The van der Waals surface area contributed by atoms with E-state index in [2.05, 4.69) is 20.7 Å². The first-order valence-corrected chi connectivity index (χ1v) is 11.0. The number of anilines is 2. The van der Waals surface area contributed by atoms with Crippen LogP contribution in [0.25, 0.3) is 10.9 Å². The minimum absolute atomic E-state index is 0.0688. The van der Waals surface area contributed by atoms with Crippen LogP contribution in [0, 0.1) is 6.92 Å². The number of benzene rings is 2. The zero-order valence-corrected chi connectivity index (χ0v) is 18.6. The molecule has 0 saturated carbocycles. The van der Waals surface area contributed by atoms with Crippen molar-refractivity contribution in [1.82, 2.24) is 19.8 Å². The first-order chi connectivity index (χ1) is 16.4. The highest BCUT2D eigenvalue weighted by Crippen LogP contribution is 2.29. The van der Waals surface area contributed by atoms with Gasteiger partial charge in [0.15, 0.2) is 0 Å². The molecule has 0 spiro atoms. The standard InChI is InChI=1S/C25H24N6O3/c1-17-14-19(25(32)30-15-20(16-30)28-23-9-2-3-12-26-23)10-11-21(17)29-31(33,34)22-8-4-6-18-7-5-13-27-24(18)22/h2-14,20,33-34H,15-16H2,1H3,(H-,26,28,29,32)/p+1. The lowest BCUT2D eigenvalue weighted by Gasteiger charge is -2.40. The van der Waals surface area contributed by atoms with Crippen LogP contribution in [0.3, 0.4) is 0 Å². The normalized spacial score (nSPS) is 14.0. The van der Waals surface area contributed by atoms with Gasteiger partial charge in [-0.05, 0) is 48.9 Å². The second-order valence-electron chi connectivity index (χ2n) is 8.36. The number of para-hydroxylation sites is 1. The van der Waals surface area contributed by atoms with Gasteiger partial charge < -0.3 is 10.2 Å². The van der Waals surface area contributed by atoms with Crippen LogP contribution in [0.15, 0.2) is 79.1 Å². The van der Waals surface area contributed by atoms with Gasteiger partial charge in [0, 0.05) is 42.5 Å². The zero-order chi connectivity index (χ0) is 23.7. The summed E-state index contributed by atoms with van der Waals surface area (Å²) >= 11 is 0.